The van der Waals surface area contributed by atoms with Crippen LogP contribution in [0.4, 0.5) is 0 Å². The highest BCUT2D eigenvalue weighted by atomic mass is 16.5. The Morgan fingerprint density at radius 2 is 2.39 bits per heavy atom. The maximum absolute atomic E-state index is 5.80. The molecule has 1 aromatic rings. The summed E-state index contributed by atoms with van der Waals surface area (Å²) in [6.45, 7) is 4.67. The molecule has 0 aromatic carbocycles. The van der Waals surface area contributed by atoms with Crippen LogP contribution in [0, 0.1) is 0 Å². The third-order valence-electron chi connectivity index (χ3n) is 3.67. The van der Waals surface area contributed by atoms with E-state index in [1.54, 1.807) is 0 Å². The van der Waals surface area contributed by atoms with Crippen molar-refractivity contribution in [3.05, 3.63) is 18.2 Å². The van der Waals surface area contributed by atoms with Crippen molar-refractivity contribution in [2.75, 3.05) is 26.7 Å². The Morgan fingerprint density at radius 3 is 3.17 bits per heavy atom. The molecule has 1 aliphatic carbocycles. The minimum absolute atomic E-state index is 0.289. The fourth-order valence-corrected chi connectivity index (χ4v) is 2.39. The minimum atomic E-state index is 0.289. The van der Waals surface area contributed by atoms with Gasteiger partial charge >= 0.3 is 0 Å². The zero-order valence-corrected chi connectivity index (χ0v) is 11.0. The lowest BCUT2D eigenvalue weighted by Gasteiger charge is -2.30. The number of ether oxygens (including phenoxy) is 1. The number of morpholine rings is 1. The lowest BCUT2D eigenvalue weighted by Crippen LogP contribution is -2.42. The fraction of sp³-hybridized carbons (Fsp3) is 0.769. The number of hydrogen-bond acceptors (Lipinski definition) is 4. The van der Waals surface area contributed by atoms with Crippen LogP contribution in [0.25, 0.3) is 0 Å². The highest BCUT2D eigenvalue weighted by Gasteiger charge is 2.22. The molecule has 5 nitrogen and oxygen atoms in total. The molecule has 2 heterocycles. The molecular weight excluding hydrogens is 228 g/mol. The van der Waals surface area contributed by atoms with Crippen LogP contribution < -0.4 is 5.32 Å². The second-order valence-corrected chi connectivity index (χ2v) is 5.41. The molecule has 2 aliphatic rings. The molecule has 1 unspecified atom stereocenters. The Morgan fingerprint density at radius 1 is 1.50 bits per heavy atom. The van der Waals surface area contributed by atoms with Crippen molar-refractivity contribution in [1.29, 1.82) is 0 Å². The molecule has 18 heavy (non-hydrogen) atoms. The van der Waals surface area contributed by atoms with E-state index in [-0.39, 0.29) is 6.10 Å². The zero-order chi connectivity index (χ0) is 12.4. The Balaban J connectivity index is 1.55. The third kappa shape index (κ3) is 3.10. The van der Waals surface area contributed by atoms with Crippen LogP contribution in [0.5, 0.6) is 0 Å². The molecule has 1 aromatic heterocycles. The summed E-state index contributed by atoms with van der Waals surface area (Å²) in [6.07, 6.45) is 6.87. The fourth-order valence-electron chi connectivity index (χ4n) is 2.39. The average molecular weight is 250 g/mol. The predicted molar refractivity (Wildman–Crippen MR) is 69.3 cm³/mol. The molecular formula is C13H22N4O. The van der Waals surface area contributed by atoms with Crippen molar-refractivity contribution < 1.29 is 4.74 Å². The normalized spacial score (nSPS) is 25.5. The van der Waals surface area contributed by atoms with E-state index in [9.17, 15) is 0 Å². The molecule has 100 valence electrons. The topological polar surface area (TPSA) is 42.3 Å². The first kappa shape index (κ1) is 12.1. The third-order valence-corrected chi connectivity index (χ3v) is 3.67. The largest absolute Gasteiger partial charge is 0.374 e. The van der Waals surface area contributed by atoms with Gasteiger partial charge in [-0.3, -0.25) is 0 Å². The summed E-state index contributed by atoms with van der Waals surface area (Å²) >= 11 is 0. The van der Waals surface area contributed by atoms with E-state index in [0.29, 0.717) is 0 Å². The lowest BCUT2D eigenvalue weighted by molar-refractivity contribution is -0.0278. The standard InChI is InChI=1S/C13H22N4O/c1-16-6-7-18-12(9-16)10-17-5-4-14-13(17)8-15-11-2-3-11/h4-5,11-12,15H,2-3,6-10H2,1H3. The highest BCUT2D eigenvalue weighted by Crippen LogP contribution is 2.19. The first-order chi connectivity index (χ1) is 8.81. The van der Waals surface area contributed by atoms with Gasteiger partial charge in [0.05, 0.1) is 25.8 Å². The molecule has 1 aliphatic heterocycles. The first-order valence-corrected chi connectivity index (χ1v) is 6.85. The summed E-state index contributed by atoms with van der Waals surface area (Å²) in [6, 6.07) is 0.729. The Bertz CT molecular complexity index is 388. The number of nitrogens with zero attached hydrogens (tertiary/aromatic N) is 3. The van der Waals surface area contributed by atoms with E-state index in [1.165, 1.54) is 12.8 Å². The molecule has 2 fully saturated rings. The quantitative estimate of drug-likeness (QED) is 0.825. The van der Waals surface area contributed by atoms with Gasteiger partial charge in [0.25, 0.3) is 0 Å². The molecule has 1 atom stereocenters. The van der Waals surface area contributed by atoms with Crippen LogP contribution in [0.2, 0.25) is 0 Å². The highest BCUT2D eigenvalue weighted by molar-refractivity contribution is 4.95. The molecule has 5 heteroatoms. The van der Waals surface area contributed by atoms with Crippen molar-refractivity contribution in [2.45, 2.75) is 38.1 Å². The molecule has 3 rings (SSSR count). The van der Waals surface area contributed by atoms with Gasteiger partial charge in [-0.1, -0.05) is 0 Å². The van der Waals surface area contributed by atoms with E-state index in [1.807, 2.05) is 6.20 Å². The number of hydrogen-bond donors (Lipinski definition) is 1. The molecule has 0 bridgehead atoms. The van der Waals surface area contributed by atoms with Gasteiger partial charge in [-0.2, -0.15) is 0 Å². The summed E-state index contributed by atoms with van der Waals surface area (Å²) < 4.78 is 8.03. The van der Waals surface area contributed by atoms with Gasteiger partial charge in [0.15, 0.2) is 0 Å². The maximum Gasteiger partial charge on any atom is 0.122 e. The Kier molecular flexibility index (Phi) is 3.63. The summed E-state index contributed by atoms with van der Waals surface area (Å²) in [5.74, 6) is 1.12. The van der Waals surface area contributed by atoms with Gasteiger partial charge in [-0.25, -0.2) is 4.98 Å². The molecule has 0 amide bonds. The summed E-state index contributed by atoms with van der Waals surface area (Å²) in [7, 11) is 2.15. The van der Waals surface area contributed by atoms with Crippen LogP contribution in [-0.2, 0) is 17.8 Å². The first-order valence-electron chi connectivity index (χ1n) is 6.85. The predicted octanol–water partition coefficient (Wildman–Crippen LogP) is 0.466. The van der Waals surface area contributed by atoms with Crippen molar-refractivity contribution in [3.8, 4) is 0 Å². The molecule has 0 radical (unpaired) electrons. The van der Waals surface area contributed by atoms with Crippen molar-refractivity contribution in [2.24, 2.45) is 0 Å². The number of rotatable bonds is 5. The maximum atomic E-state index is 5.80. The van der Waals surface area contributed by atoms with Gasteiger partial charge in [-0.05, 0) is 19.9 Å². The van der Waals surface area contributed by atoms with Crippen molar-refractivity contribution in [1.82, 2.24) is 19.8 Å². The number of nitrogens with one attached hydrogen (secondary N) is 1. The second-order valence-electron chi connectivity index (χ2n) is 5.41. The van der Waals surface area contributed by atoms with E-state index in [0.717, 1.165) is 44.7 Å². The van der Waals surface area contributed by atoms with Gasteiger partial charge in [0.2, 0.25) is 0 Å². The number of imidazole rings is 1. The van der Waals surface area contributed by atoms with E-state index < -0.39 is 0 Å². The summed E-state index contributed by atoms with van der Waals surface area (Å²) in [4.78, 5) is 6.76. The SMILES string of the molecule is CN1CCOC(Cn2ccnc2CNC2CC2)C1. The Labute approximate surface area is 108 Å². The van der Waals surface area contributed by atoms with Crippen molar-refractivity contribution in [3.63, 3.8) is 0 Å². The molecule has 1 N–H and O–H groups in total. The van der Waals surface area contributed by atoms with E-state index in [4.69, 9.17) is 4.74 Å². The number of likely N-dealkylation sites (N-methyl/N-ethyl adjacent to an activating group) is 1. The van der Waals surface area contributed by atoms with Crippen LogP contribution in [0.15, 0.2) is 12.4 Å². The van der Waals surface area contributed by atoms with E-state index in [2.05, 4.69) is 33.0 Å². The molecule has 0 spiro atoms. The second kappa shape index (κ2) is 5.38. The van der Waals surface area contributed by atoms with Gasteiger partial charge in [0.1, 0.15) is 5.82 Å². The van der Waals surface area contributed by atoms with Gasteiger partial charge in [-0.15, -0.1) is 0 Å². The van der Waals surface area contributed by atoms with Crippen molar-refractivity contribution >= 4 is 0 Å². The van der Waals surface area contributed by atoms with Gasteiger partial charge in [0, 0.05) is 31.5 Å². The smallest absolute Gasteiger partial charge is 0.122 e. The average Bonchev–Trinajstić information content (AvgIpc) is 3.08. The monoisotopic (exact) mass is 250 g/mol. The Hall–Kier alpha value is -0.910. The lowest BCUT2D eigenvalue weighted by atomic mass is 10.3. The molecule has 1 saturated heterocycles. The summed E-state index contributed by atoms with van der Waals surface area (Å²) in [5.41, 5.74) is 0. The zero-order valence-electron chi connectivity index (χ0n) is 11.0. The van der Waals surface area contributed by atoms with Crippen LogP contribution >= 0.6 is 0 Å². The van der Waals surface area contributed by atoms with Crippen LogP contribution in [0.1, 0.15) is 18.7 Å². The van der Waals surface area contributed by atoms with Crippen LogP contribution in [-0.4, -0.2) is 53.3 Å². The van der Waals surface area contributed by atoms with E-state index >= 15 is 0 Å². The van der Waals surface area contributed by atoms with Crippen LogP contribution in [0.3, 0.4) is 0 Å². The minimum Gasteiger partial charge on any atom is -0.374 e. The number of aromatic nitrogens is 2. The molecule has 1 saturated carbocycles. The van der Waals surface area contributed by atoms with Gasteiger partial charge < -0.3 is 19.5 Å². The summed E-state index contributed by atoms with van der Waals surface area (Å²) in [5, 5.41) is 3.51.